The number of rotatable bonds is 5. The van der Waals surface area contributed by atoms with Crippen LogP contribution in [0.2, 0.25) is 5.02 Å². The number of amides is 1. The lowest BCUT2D eigenvalue weighted by molar-refractivity contribution is 0.102. The number of anilines is 2. The third kappa shape index (κ3) is 4.99. The molecule has 1 aliphatic rings. The van der Waals surface area contributed by atoms with E-state index < -0.39 is 5.82 Å². The molecule has 0 radical (unpaired) electrons. The molecule has 0 bridgehead atoms. The van der Waals surface area contributed by atoms with Crippen molar-refractivity contribution in [2.24, 2.45) is 0 Å². The topological polar surface area (TPSA) is 35.6 Å². The molecule has 6 heteroatoms. The molecule has 0 atom stereocenters. The molecule has 30 heavy (non-hydrogen) atoms. The lowest BCUT2D eigenvalue weighted by atomic mass is 10.1. The molecule has 3 aromatic rings. The van der Waals surface area contributed by atoms with Crippen molar-refractivity contribution in [2.45, 2.75) is 6.54 Å². The Hall–Kier alpha value is -2.89. The van der Waals surface area contributed by atoms with Crippen LogP contribution in [0.4, 0.5) is 15.8 Å². The van der Waals surface area contributed by atoms with E-state index in [-0.39, 0.29) is 16.5 Å². The van der Waals surface area contributed by atoms with Crippen LogP contribution in [-0.2, 0) is 6.54 Å². The molecule has 0 saturated carbocycles. The molecule has 1 amide bonds. The van der Waals surface area contributed by atoms with Crippen LogP contribution in [0.1, 0.15) is 15.9 Å². The molecule has 1 fully saturated rings. The summed E-state index contributed by atoms with van der Waals surface area (Å²) < 4.78 is 13.2. The summed E-state index contributed by atoms with van der Waals surface area (Å²) in [7, 11) is 0. The fourth-order valence-corrected chi connectivity index (χ4v) is 3.89. The molecule has 3 aromatic carbocycles. The number of hydrogen-bond donors (Lipinski definition) is 1. The van der Waals surface area contributed by atoms with Gasteiger partial charge in [-0.1, -0.05) is 41.9 Å². The molecule has 1 aliphatic heterocycles. The van der Waals surface area contributed by atoms with Gasteiger partial charge in [0.05, 0.1) is 10.6 Å². The van der Waals surface area contributed by atoms with Gasteiger partial charge in [0.25, 0.3) is 5.91 Å². The molecule has 0 aliphatic carbocycles. The third-order valence-electron chi connectivity index (χ3n) is 5.29. The molecule has 154 valence electrons. The molecular weight excluding hydrogens is 401 g/mol. The Morgan fingerprint density at radius 3 is 2.30 bits per heavy atom. The van der Waals surface area contributed by atoms with E-state index in [9.17, 15) is 9.18 Å². The highest BCUT2D eigenvalue weighted by Gasteiger charge is 2.17. The predicted octanol–water partition coefficient (Wildman–Crippen LogP) is 5.05. The number of nitrogens with one attached hydrogen (secondary N) is 1. The van der Waals surface area contributed by atoms with Crippen LogP contribution < -0.4 is 10.2 Å². The van der Waals surface area contributed by atoms with Gasteiger partial charge in [-0.05, 0) is 48.0 Å². The van der Waals surface area contributed by atoms with E-state index >= 15 is 0 Å². The van der Waals surface area contributed by atoms with Crippen LogP contribution in [0.5, 0.6) is 0 Å². The number of benzene rings is 3. The first-order valence-corrected chi connectivity index (χ1v) is 10.3. The summed E-state index contributed by atoms with van der Waals surface area (Å²) in [6, 6.07) is 22.0. The second-order valence-electron chi connectivity index (χ2n) is 7.37. The van der Waals surface area contributed by atoms with Gasteiger partial charge in [0.2, 0.25) is 0 Å². The van der Waals surface area contributed by atoms with E-state index in [0.29, 0.717) is 5.69 Å². The standard InChI is InChI=1S/C24H23ClFN3O/c25-23-16-19(26)6-11-22(23)24(30)27-20-7-9-21(10-8-20)29-14-12-28(13-15-29)17-18-4-2-1-3-5-18/h1-11,16H,12-15,17H2,(H,27,30). The normalized spacial score (nSPS) is 14.5. The summed E-state index contributed by atoms with van der Waals surface area (Å²) >= 11 is 5.97. The Bertz CT molecular complexity index is 1000. The molecule has 4 rings (SSSR count). The Morgan fingerprint density at radius 2 is 1.63 bits per heavy atom. The summed E-state index contributed by atoms with van der Waals surface area (Å²) in [6.07, 6.45) is 0. The van der Waals surface area contributed by atoms with Crippen LogP contribution in [0, 0.1) is 5.82 Å². The number of nitrogens with zero attached hydrogens (tertiary/aromatic N) is 2. The first-order chi connectivity index (χ1) is 14.6. The molecule has 0 unspecified atom stereocenters. The van der Waals surface area contributed by atoms with Crippen LogP contribution in [0.15, 0.2) is 72.8 Å². The van der Waals surface area contributed by atoms with Crippen molar-refractivity contribution in [2.75, 3.05) is 36.4 Å². The van der Waals surface area contributed by atoms with Crippen LogP contribution >= 0.6 is 11.6 Å². The van der Waals surface area contributed by atoms with Crippen molar-refractivity contribution in [3.05, 3.63) is 94.8 Å². The Labute approximate surface area is 180 Å². The average Bonchev–Trinajstić information content (AvgIpc) is 2.75. The van der Waals surface area contributed by atoms with E-state index in [4.69, 9.17) is 11.6 Å². The van der Waals surface area contributed by atoms with E-state index in [1.165, 1.54) is 17.7 Å². The average molecular weight is 424 g/mol. The molecule has 1 heterocycles. The maximum absolute atomic E-state index is 13.2. The molecular formula is C24H23ClFN3O. The fourth-order valence-electron chi connectivity index (χ4n) is 3.63. The lowest BCUT2D eigenvalue weighted by Crippen LogP contribution is -2.45. The maximum Gasteiger partial charge on any atom is 0.257 e. The summed E-state index contributed by atoms with van der Waals surface area (Å²) in [5.41, 5.74) is 3.39. The number of carbonyl (C=O) groups is 1. The summed E-state index contributed by atoms with van der Waals surface area (Å²) in [4.78, 5) is 17.2. The largest absolute Gasteiger partial charge is 0.369 e. The van der Waals surface area contributed by atoms with Gasteiger partial charge in [0, 0.05) is 44.1 Å². The number of halogens is 2. The first kappa shape index (κ1) is 20.4. The van der Waals surface area contributed by atoms with Crippen LogP contribution in [0.3, 0.4) is 0 Å². The zero-order chi connectivity index (χ0) is 20.9. The molecule has 1 N–H and O–H groups in total. The number of hydrogen-bond acceptors (Lipinski definition) is 3. The van der Waals surface area contributed by atoms with E-state index in [2.05, 4.69) is 39.4 Å². The number of piperazine rings is 1. The minimum atomic E-state index is -0.468. The van der Waals surface area contributed by atoms with Gasteiger partial charge in [-0.2, -0.15) is 0 Å². The number of carbonyl (C=O) groups excluding carboxylic acids is 1. The third-order valence-corrected chi connectivity index (χ3v) is 5.60. The van der Waals surface area contributed by atoms with Gasteiger partial charge in [-0.3, -0.25) is 9.69 Å². The highest BCUT2D eigenvalue weighted by atomic mass is 35.5. The first-order valence-electron chi connectivity index (χ1n) is 9.96. The molecule has 1 saturated heterocycles. The highest BCUT2D eigenvalue weighted by Crippen LogP contribution is 2.22. The second kappa shape index (κ2) is 9.28. The minimum absolute atomic E-state index is 0.0949. The second-order valence-corrected chi connectivity index (χ2v) is 7.78. The van der Waals surface area contributed by atoms with Gasteiger partial charge in [-0.15, -0.1) is 0 Å². The monoisotopic (exact) mass is 423 g/mol. The molecule has 0 spiro atoms. The zero-order valence-electron chi connectivity index (χ0n) is 16.5. The van der Waals surface area contributed by atoms with Crippen molar-refractivity contribution in [1.29, 1.82) is 0 Å². The maximum atomic E-state index is 13.2. The summed E-state index contributed by atoms with van der Waals surface area (Å²) in [6.45, 7) is 4.92. The van der Waals surface area contributed by atoms with E-state index in [1.807, 2.05) is 30.3 Å². The van der Waals surface area contributed by atoms with Crippen LogP contribution in [-0.4, -0.2) is 37.0 Å². The van der Waals surface area contributed by atoms with Gasteiger partial charge in [0.1, 0.15) is 5.82 Å². The van der Waals surface area contributed by atoms with Crippen molar-refractivity contribution < 1.29 is 9.18 Å². The smallest absolute Gasteiger partial charge is 0.257 e. The fraction of sp³-hybridized carbons (Fsp3) is 0.208. The van der Waals surface area contributed by atoms with Crippen LogP contribution in [0.25, 0.3) is 0 Å². The van der Waals surface area contributed by atoms with Gasteiger partial charge in [-0.25, -0.2) is 4.39 Å². The van der Waals surface area contributed by atoms with Gasteiger partial charge in [0.15, 0.2) is 0 Å². The Balaban J connectivity index is 1.32. The summed E-state index contributed by atoms with van der Waals surface area (Å²) in [5.74, 6) is -0.827. The van der Waals surface area contributed by atoms with Crippen molar-refractivity contribution in [3.63, 3.8) is 0 Å². The lowest BCUT2D eigenvalue weighted by Gasteiger charge is -2.36. The minimum Gasteiger partial charge on any atom is -0.369 e. The van der Waals surface area contributed by atoms with E-state index in [0.717, 1.165) is 44.5 Å². The Morgan fingerprint density at radius 1 is 0.933 bits per heavy atom. The van der Waals surface area contributed by atoms with Gasteiger partial charge < -0.3 is 10.2 Å². The predicted molar refractivity (Wildman–Crippen MR) is 120 cm³/mol. The highest BCUT2D eigenvalue weighted by molar-refractivity contribution is 6.34. The van der Waals surface area contributed by atoms with Crippen molar-refractivity contribution in [3.8, 4) is 0 Å². The van der Waals surface area contributed by atoms with Gasteiger partial charge >= 0.3 is 0 Å². The zero-order valence-corrected chi connectivity index (χ0v) is 17.3. The van der Waals surface area contributed by atoms with E-state index in [1.54, 1.807) is 0 Å². The summed E-state index contributed by atoms with van der Waals surface area (Å²) in [5, 5.41) is 2.91. The van der Waals surface area contributed by atoms with Crippen molar-refractivity contribution >= 4 is 28.9 Å². The molecule has 4 nitrogen and oxygen atoms in total. The van der Waals surface area contributed by atoms with Crippen molar-refractivity contribution in [1.82, 2.24) is 4.90 Å². The quantitative estimate of drug-likeness (QED) is 0.623. The Kier molecular flexibility index (Phi) is 6.31. The SMILES string of the molecule is O=C(Nc1ccc(N2CCN(Cc3ccccc3)CC2)cc1)c1ccc(F)cc1Cl. The molecule has 0 aromatic heterocycles.